The molecule has 0 saturated carbocycles. The van der Waals surface area contributed by atoms with Crippen molar-refractivity contribution in [3.8, 4) is 0 Å². The Labute approximate surface area is 298 Å². The summed E-state index contributed by atoms with van der Waals surface area (Å²) in [4.78, 5) is 60.0. The molecular formula is C38H51N9O4. The molecule has 1 heterocycles. The summed E-state index contributed by atoms with van der Waals surface area (Å²) in [6.45, 7) is 3.79. The van der Waals surface area contributed by atoms with Crippen LogP contribution in [0.2, 0.25) is 0 Å². The number of aromatic nitrogens is 2. The molecule has 0 spiro atoms. The molecule has 4 aromatic rings. The van der Waals surface area contributed by atoms with Crippen molar-refractivity contribution in [2.75, 3.05) is 13.1 Å². The van der Waals surface area contributed by atoms with Gasteiger partial charge in [-0.1, -0.05) is 72.8 Å². The number of nitrogens with zero attached hydrogens (tertiary/aromatic N) is 1. The third-order valence-electron chi connectivity index (χ3n) is 8.64. The molecule has 0 radical (unpaired) electrons. The van der Waals surface area contributed by atoms with Crippen molar-refractivity contribution in [3.63, 3.8) is 0 Å². The summed E-state index contributed by atoms with van der Waals surface area (Å²) in [6.07, 6.45) is 5.70. The SMILES string of the molecule is CC(C)(N)C(=O)N[C@@H](Cc1cnc[nH]1)C(=O)N[C@@H](CN[C@H](Cc1ccccc1)C(=O)N[C@@H](CCCCN)C(N)=O)Cc1ccc2ccccc2c1. The number of aromatic amines is 1. The molecule has 0 aliphatic carbocycles. The summed E-state index contributed by atoms with van der Waals surface area (Å²) in [6, 6.07) is 20.5. The molecule has 13 heteroatoms. The van der Waals surface area contributed by atoms with E-state index < -0.39 is 47.4 Å². The van der Waals surface area contributed by atoms with Gasteiger partial charge >= 0.3 is 0 Å². The van der Waals surface area contributed by atoms with E-state index in [9.17, 15) is 19.2 Å². The first-order valence-electron chi connectivity index (χ1n) is 17.3. The van der Waals surface area contributed by atoms with Gasteiger partial charge in [0.2, 0.25) is 23.6 Å². The van der Waals surface area contributed by atoms with Crippen molar-refractivity contribution < 1.29 is 19.2 Å². The molecule has 13 nitrogen and oxygen atoms in total. The van der Waals surface area contributed by atoms with Gasteiger partial charge in [0.1, 0.15) is 12.1 Å². The van der Waals surface area contributed by atoms with Crippen molar-refractivity contribution in [2.24, 2.45) is 17.2 Å². The number of fused-ring (bicyclic) bond motifs is 1. The predicted octanol–water partition coefficient (Wildman–Crippen LogP) is 1.36. The highest BCUT2D eigenvalue weighted by molar-refractivity contribution is 5.92. The first kappa shape index (κ1) is 38.7. The van der Waals surface area contributed by atoms with Crippen molar-refractivity contribution in [3.05, 3.63) is 102 Å². The number of unbranched alkanes of at least 4 members (excludes halogenated alkanes) is 1. The van der Waals surface area contributed by atoms with E-state index >= 15 is 0 Å². The van der Waals surface area contributed by atoms with E-state index in [0.29, 0.717) is 44.3 Å². The van der Waals surface area contributed by atoms with E-state index in [2.05, 4.69) is 37.3 Å². The monoisotopic (exact) mass is 697 g/mol. The number of benzene rings is 3. The topological polar surface area (TPSA) is 223 Å². The molecule has 0 fully saturated rings. The molecule has 1 aromatic heterocycles. The standard InChI is InChI=1S/C38H51N9O4/c1-38(2,41)37(51)47-33(21-29-22-42-24-44-29)36(50)45-30(19-26-15-16-27-12-6-7-13-28(27)18-26)23-43-32(20-25-10-4-3-5-11-25)35(49)46-31(34(40)48)14-8-9-17-39/h3-7,10-13,15-16,18,22,24,30-33,43H,8-9,14,17,19-21,23,39,41H2,1-2H3,(H2,40,48)(H,42,44)(H,45,50)(H,46,49)(H,47,51)/t30-,31+,32-,33+/m1/s1. The second-order valence-corrected chi connectivity index (χ2v) is 13.5. The number of carbonyl (C=O) groups excluding carboxylic acids is 4. The molecule has 51 heavy (non-hydrogen) atoms. The van der Waals surface area contributed by atoms with Gasteiger partial charge in [-0.2, -0.15) is 0 Å². The van der Waals surface area contributed by atoms with Gasteiger partial charge in [0, 0.05) is 30.9 Å². The molecule has 4 atom stereocenters. The summed E-state index contributed by atoms with van der Waals surface area (Å²) in [7, 11) is 0. The molecule has 0 bridgehead atoms. The van der Waals surface area contributed by atoms with Crippen LogP contribution in [0.25, 0.3) is 10.8 Å². The zero-order valence-corrected chi connectivity index (χ0v) is 29.4. The van der Waals surface area contributed by atoms with Gasteiger partial charge in [0.05, 0.1) is 17.9 Å². The van der Waals surface area contributed by atoms with E-state index in [-0.39, 0.29) is 18.9 Å². The predicted molar refractivity (Wildman–Crippen MR) is 198 cm³/mol. The fourth-order valence-corrected chi connectivity index (χ4v) is 5.74. The lowest BCUT2D eigenvalue weighted by molar-refractivity contribution is -0.131. The average molecular weight is 698 g/mol. The van der Waals surface area contributed by atoms with Crippen molar-refractivity contribution >= 4 is 34.4 Å². The molecule has 4 rings (SSSR count). The van der Waals surface area contributed by atoms with Gasteiger partial charge in [-0.3, -0.25) is 19.2 Å². The quantitative estimate of drug-likeness (QED) is 0.0628. The van der Waals surface area contributed by atoms with Crippen LogP contribution < -0.4 is 38.5 Å². The molecule has 0 unspecified atom stereocenters. The second kappa shape index (κ2) is 18.8. The fraction of sp³-hybridized carbons (Fsp3) is 0.395. The summed E-state index contributed by atoms with van der Waals surface area (Å²) in [5.41, 5.74) is 18.7. The van der Waals surface area contributed by atoms with Gasteiger partial charge in [0.15, 0.2) is 0 Å². The minimum Gasteiger partial charge on any atom is -0.368 e. The molecule has 272 valence electrons. The summed E-state index contributed by atoms with van der Waals surface area (Å²) >= 11 is 0. The number of primary amides is 1. The van der Waals surface area contributed by atoms with Crippen LogP contribution in [-0.4, -0.2) is 76.4 Å². The first-order valence-corrected chi connectivity index (χ1v) is 17.3. The number of carbonyl (C=O) groups is 4. The van der Waals surface area contributed by atoms with Crippen LogP contribution >= 0.6 is 0 Å². The van der Waals surface area contributed by atoms with Gasteiger partial charge in [0.25, 0.3) is 0 Å². The second-order valence-electron chi connectivity index (χ2n) is 13.5. The van der Waals surface area contributed by atoms with Gasteiger partial charge in [-0.05, 0) is 74.4 Å². The third kappa shape index (κ3) is 12.3. The number of rotatable bonds is 20. The average Bonchev–Trinajstić information content (AvgIpc) is 3.62. The molecule has 4 amide bonds. The lowest BCUT2D eigenvalue weighted by Crippen LogP contribution is -2.59. The van der Waals surface area contributed by atoms with Crippen LogP contribution in [-0.2, 0) is 38.4 Å². The summed E-state index contributed by atoms with van der Waals surface area (Å²) < 4.78 is 0. The number of nitrogens with two attached hydrogens (primary N) is 3. The van der Waals surface area contributed by atoms with Crippen LogP contribution in [0.5, 0.6) is 0 Å². The lowest BCUT2D eigenvalue weighted by Gasteiger charge is -2.28. The molecular weight excluding hydrogens is 646 g/mol. The van der Waals surface area contributed by atoms with E-state index in [1.807, 2.05) is 66.7 Å². The number of amides is 4. The molecule has 11 N–H and O–H groups in total. The number of imidazole rings is 1. The zero-order valence-electron chi connectivity index (χ0n) is 29.4. The van der Waals surface area contributed by atoms with E-state index in [1.54, 1.807) is 20.0 Å². The van der Waals surface area contributed by atoms with E-state index in [0.717, 1.165) is 21.9 Å². The maximum atomic E-state index is 14.0. The smallest absolute Gasteiger partial charge is 0.243 e. The Hall–Kier alpha value is -5.11. The Bertz CT molecular complexity index is 1720. The minimum absolute atomic E-state index is 0.154. The van der Waals surface area contributed by atoms with Gasteiger partial charge in [-0.15, -0.1) is 0 Å². The van der Waals surface area contributed by atoms with Crippen LogP contribution in [0, 0.1) is 0 Å². The van der Waals surface area contributed by atoms with Crippen molar-refractivity contribution in [1.82, 2.24) is 31.2 Å². The number of H-pyrrole nitrogens is 1. The van der Waals surface area contributed by atoms with Crippen LogP contribution in [0.4, 0.5) is 0 Å². The van der Waals surface area contributed by atoms with Gasteiger partial charge in [-0.25, -0.2) is 4.98 Å². The molecule has 0 aliphatic rings. The Morgan fingerprint density at radius 3 is 2.16 bits per heavy atom. The lowest BCUT2D eigenvalue weighted by atomic mass is 9.99. The highest BCUT2D eigenvalue weighted by Crippen LogP contribution is 2.17. The maximum Gasteiger partial charge on any atom is 0.243 e. The first-order chi connectivity index (χ1) is 24.4. The normalized spacial score (nSPS) is 13.9. The third-order valence-corrected chi connectivity index (χ3v) is 8.64. The maximum absolute atomic E-state index is 14.0. The van der Waals surface area contributed by atoms with Gasteiger partial charge < -0.3 is 43.5 Å². The van der Waals surface area contributed by atoms with E-state index in [1.165, 1.54) is 6.33 Å². The Morgan fingerprint density at radius 1 is 0.784 bits per heavy atom. The van der Waals surface area contributed by atoms with Crippen LogP contribution in [0.3, 0.4) is 0 Å². The van der Waals surface area contributed by atoms with Crippen molar-refractivity contribution in [1.29, 1.82) is 0 Å². The molecule has 3 aromatic carbocycles. The molecule has 0 aliphatic heterocycles. The zero-order chi connectivity index (χ0) is 36.8. The largest absolute Gasteiger partial charge is 0.368 e. The fourth-order valence-electron chi connectivity index (χ4n) is 5.74. The Kier molecular flexibility index (Phi) is 14.2. The highest BCUT2D eigenvalue weighted by atomic mass is 16.2. The minimum atomic E-state index is -1.22. The highest BCUT2D eigenvalue weighted by Gasteiger charge is 2.31. The Morgan fingerprint density at radius 2 is 1.49 bits per heavy atom. The van der Waals surface area contributed by atoms with E-state index in [4.69, 9.17) is 17.2 Å². The number of hydrogen-bond acceptors (Lipinski definition) is 8. The van der Waals surface area contributed by atoms with Crippen LogP contribution in [0.15, 0.2) is 85.3 Å². The number of nitrogens with one attached hydrogen (secondary N) is 5. The van der Waals surface area contributed by atoms with Crippen LogP contribution in [0.1, 0.15) is 49.9 Å². The molecule has 0 saturated heterocycles. The summed E-state index contributed by atoms with van der Waals surface area (Å²) in [5, 5.41) is 14.3. The van der Waals surface area contributed by atoms with Crippen molar-refractivity contribution in [2.45, 2.75) is 82.1 Å². The summed E-state index contributed by atoms with van der Waals surface area (Å²) in [5.74, 6) is -1.92. The Balaban J connectivity index is 1.60. The number of hydrogen-bond donors (Lipinski definition) is 8.